The number of nitrogens with two attached hydrogens (primary N) is 1. The van der Waals surface area contributed by atoms with Crippen LogP contribution in [0.5, 0.6) is 0 Å². The van der Waals surface area contributed by atoms with Gasteiger partial charge >= 0.3 is 0 Å². The molecule has 1 saturated carbocycles. The molecule has 0 radical (unpaired) electrons. The van der Waals surface area contributed by atoms with Crippen LogP contribution in [0.1, 0.15) is 46.0 Å². The fraction of sp³-hybridized carbons (Fsp3) is 0.929. The zero-order valence-electron chi connectivity index (χ0n) is 12.2. The minimum absolute atomic E-state index is 0.0143. The summed E-state index contributed by atoms with van der Waals surface area (Å²) in [6, 6.07) is 0. The van der Waals surface area contributed by atoms with Crippen LogP contribution in [0.2, 0.25) is 0 Å². The van der Waals surface area contributed by atoms with Crippen molar-refractivity contribution in [3.63, 3.8) is 0 Å². The van der Waals surface area contributed by atoms with E-state index >= 15 is 0 Å². The SMILES string of the molecule is CCC1CCC(CN)(OC(C)C(=O)N(C)C)CC1. The van der Waals surface area contributed by atoms with Gasteiger partial charge in [-0.25, -0.2) is 0 Å². The Morgan fingerprint density at radius 3 is 2.39 bits per heavy atom. The van der Waals surface area contributed by atoms with E-state index in [1.165, 1.54) is 6.42 Å². The molecule has 1 rings (SSSR count). The molecule has 0 aromatic heterocycles. The molecule has 0 aliphatic heterocycles. The van der Waals surface area contributed by atoms with Crippen LogP contribution < -0.4 is 5.73 Å². The van der Waals surface area contributed by atoms with Crippen molar-refractivity contribution in [1.82, 2.24) is 4.90 Å². The highest BCUT2D eigenvalue weighted by Gasteiger charge is 2.37. The van der Waals surface area contributed by atoms with Gasteiger partial charge in [0.1, 0.15) is 6.10 Å². The first-order valence-corrected chi connectivity index (χ1v) is 7.03. The van der Waals surface area contributed by atoms with Crippen LogP contribution in [-0.4, -0.2) is 43.2 Å². The van der Waals surface area contributed by atoms with E-state index in [4.69, 9.17) is 10.5 Å². The van der Waals surface area contributed by atoms with E-state index in [0.29, 0.717) is 6.54 Å². The van der Waals surface area contributed by atoms with Gasteiger partial charge < -0.3 is 15.4 Å². The van der Waals surface area contributed by atoms with E-state index in [2.05, 4.69) is 6.92 Å². The van der Waals surface area contributed by atoms with Gasteiger partial charge in [-0.1, -0.05) is 13.3 Å². The number of likely N-dealkylation sites (N-methyl/N-ethyl adjacent to an activating group) is 1. The molecule has 0 aromatic carbocycles. The first-order valence-electron chi connectivity index (χ1n) is 7.03. The maximum Gasteiger partial charge on any atom is 0.250 e. The summed E-state index contributed by atoms with van der Waals surface area (Å²) >= 11 is 0. The number of rotatable bonds is 5. The van der Waals surface area contributed by atoms with E-state index in [1.54, 1.807) is 19.0 Å². The molecule has 106 valence electrons. The second-order valence-corrected chi connectivity index (χ2v) is 5.73. The van der Waals surface area contributed by atoms with Crippen molar-refractivity contribution in [2.75, 3.05) is 20.6 Å². The zero-order chi connectivity index (χ0) is 13.8. The summed E-state index contributed by atoms with van der Waals surface area (Å²) in [7, 11) is 3.51. The van der Waals surface area contributed by atoms with Gasteiger partial charge in [-0.05, 0) is 38.5 Å². The molecular weight excluding hydrogens is 228 g/mol. The monoisotopic (exact) mass is 256 g/mol. The smallest absolute Gasteiger partial charge is 0.250 e. The fourth-order valence-electron chi connectivity index (χ4n) is 2.77. The van der Waals surface area contributed by atoms with Crippen molar-refractivity contribution in [1.29, 1.82) is 0 Å². The normalized spacial score (nSPS) is 29.9. The van der Waals surface area contributed by atoms with Gasteiger partial charge in [0.15, 0.2) is 0 Å². The van der Waals surface area contributed by atoms with Crippen molar-refractivity contribution in [2.24, 2.45) is 11.7 Å². The number of nitrogens with zero attached hydrogens (tertiary/aromatic N) is 1. The highest BCUT2D eigenvalue weighted by atomic mass is 16.5. The van der Waals surface area contributed by atoms with Crippen molar-refractivity contribution in [2.45, 2.75) is 57.7 Å². The number of amides is 1. The molecule has 1 atom stereocenters. The number of hydrogen-bond acceptors (Lipinski definition) is 3. The standard InChI is InChI=1S/C14H28N2O2/c1-5-12-6-8-14(10-15,9-7-12)18-11(2)13(17)16(3)4/h11-12H,5-10,15H2,1-4H3. The Kier molecular flexibility index (Phi) is 5.60. The fourth-order valence-corrected chi connectivity index (χ4v) is 2.77. The van der Waals surface area contributed by atoms with Gasteiger partial charge in [0.05, 0.1) is 5.60 Å². The number of ether oxygens (including phenoxy) is 1. The minimum Gasteiger partial charge on any atom is -0.361 e. The Labute approximate surface area is 111 Å². The van der Waals surface area contributed by atoms with Gasteiger partial charge in [0.25, 0.3) is 5.91 Å². The first kappa shape index (κ1) is 15.4. The lowest BCUT2D eigenvalue weighted by Gasteiger charge is -2.41. The summed E-state index contributed by atoms with van der Waals surface area (Å²) in [4.78, 5) is 13.4. The van der Waals surface area contributed by atoms with E-state index in [0.717, 1.165) is 31.6 Å². The second kappa shape index (κ2) is 6.53. The zero-order valence-corrected chi connectivity index (χ0v) is 12.2. The molecule has 1 aliphatic carbocycles. The van der Waals surface area contributed by atoms with Crippen molar-refractivity contribution in [3.05, 3.63) is 0 Å². The van der Waals surface area contributed by atoms with E-state index < -0.39 is 6.10 Å². The molecule has 0 bridgehead atoms. The molecule has 1 fully saturated rings. The van der Waals surface area contributed by atoms with Crippen LogP contribution in [0.25, 0.3) is 0 Å². The van der Waals surface area contributed by atoms with Gasteiger partial charge in [-0.2, -0.15) is 0 Å². The predicted octanol–water partition coefficient (Wildman–Crippen LogP) is 1.78. The third-order valence-electron chi connectivity index (χ3n) is 4.18. The van der Waals surface area contributed by atoms with Gasteiger partial charge in [0.2, 0.25) is 0 Å². The quantitative estimate of drug-likeness (QED) is 0.815. The maximum absolute atomic E-state index is 11.9. The van der Waals surface area contributed by atoms with E-state index in [9.17, 15) is 4.79 Å². The molecule has 1 unspecified atom stereocenters. The van der Waals surface area contributed by atoms with Crippen LogP contribution >= 0.6 is 0 Å². The summed E-state index contributed by atoms with van der Waals surface area (Å²) < 4.78 is 6.03. The molecular formula is C14H28N2O2. The van der Waals surface area contributed by atoms with Crippen LogP contribution in [0, 0.1) is 5.92 Å². The molecule has 0 spiro atoms. The largest absolute Gasteiger partial charge is 0.361 e. The Morgan fingerprint density at radius 1 is 1.44 bits per heavy atom. The summed E-state index contributed by atoms with van der Waals surface area (Å²) in [5.74, 6) is 0.813. The lowest BCUT2D eigenvalue weighted by Crippen LogP contribution is -2.49. The third kappa shape index (κ3) is 3.69. The summed E-state index contributed by atoms with van der Waals surface area (Å²) in [6.07, 6.45) is 5.11. The van der Waals surface area contributed by atoms with Crippen LogP contribution in [0.15, 0.2) is 0 Å². The lowest BCUT2D eigenvalue weighted by molar-refractivity contribution is -0.157. The second-order valence-electron chi connectivity index (χ2n) is 5.73. The first-order chi connectivity index (χ1) is 8.44. The lowest BCUT2D eigenvalue weighted by atomic mass is 9.77. The van der Waals surface area contributed by atoms with Crippen molar-refractivity contribution < 1.29 is 9.53 Å². The number of carbonyl (C=O) groups is 1. The summed E-state index contributed by atoms with van der Waals surface area (Å²) in [5, 5.41) is 0. The molecule has 2 N–H and O–H groups in total. The molecule has 4 heteroatoms. The van der Waals surface area contributed by atoms with Crippen LogP contribution in [0.3, 0.4) is 0 Å². The molecule has 1 aliphatic rings. The van der Waals surface area contributed by atoms with Gasteiger partial charge in [0, 0.05) is 20.6 Å². The summed E-state index contributed by atoms with van der Waals surface area (Å²) in [6.45, 7) is 4.57. The average molecular weight is 256 g/mol. The van der Waals surface area contributed by atoms with Gasteiger partial charge in [-0.15, -0.1) is 0 Å². The molecule has 1 amide bonds. The Hall–Kier alpha value is -0.610. The third-order valence-corrected chi connectivity index (χ3v) is 4.18. The topological polar surface area (TPSA) is 55.6 Å². The minimum atomic E-state index is -0.401. The maximum atomic E-state index is 11.9. The van der Waals surface area contributed by atoms with Crippen LogP contribution in [-0.2, 0) is 9.53 Å². The van der Waals surface area contributed by atoms with E-state index in [-0.39, 0.29) is 11.5 Å². The highest BCUT2D eigenvalue weighted by Crippen LogP contribution is 2.36. The Bertz CT molecular complexity index is 271. The number of hydrogen-bond donors (Lipinski definition) is 1. The van der Waals surface area contributed by atoms with Crippen LogP contribution in [0.4, 0.5) is 0 Å². The molecule has 4 nitrogen and oxygen atoms in total. The van der Waals surface area contributed by atoms with E-state index in [1.807, 2.05) is 6.92 Å². The molecule has 0 heterocycles. The molecule has 18 heavy (non-hydrogen) atoms. The highest BCUT2D eigenvalue weighted by molar-refractivity contribution is 5.80. The molecule has 0 saturated heterocycles. The number of carbonyl (C=O) groups excluding carboxylic acids is 1. The Balaban J connectivity index is 2.59. The van der Waals surface area contributed by atoms with Gasteiger partial charge in [-0.3, -0.25) is 4.79 Å². The average Bonchev–Trinajstić information content (AvgIpc) is 2.38. The summed E-state index contributed by atoms with van der Waals surface area (Å²) in [5.41, 5.74) is 5.62. The molecule has 0 aromatic rings. The predicted molar refractivity (Wildman–Crippen MR) is 73.3 cm³/mol. The van der Waals surface area contributed by atoms with Crippen molar-refractivity contribution in [3.8, 4) is 0 Å². The van der Waals surface area contributed by atoms with Crippen molar-refractivity contribution >= 4 is 5.91 Å². The Morgan fingerprint density at radius 2 is 2.00 bits per heavy atom.